The highest BCUT2D eigenvalue weighted by atomic mass is 16.1. The van der Waals surface area contributed by atoms with Crippen LogP contribution in [-0.2, 0) is 6.54 Å². The van der Waals surface area contributed by atoms with Gasteiger partial charge in [0.25, 0.3) is 5.91 Å². The molecule has 2 unspecified atom stereocenters. The number of nitrogen functional groups attached to an aromatic ring is 2. The van der Waals surface area contributed by atoms with Crippen molar-refractivity contribution in [2.24, 2.45) is 23.5 Å². The number of benzene rings is 2. The summed E-state index contributed by atoms with van der Waals surface area (Å²) in [6, 6.07) is 10.3. The molecule has 6 rings (SSSR count). The maximum Gasteiger partial charge on any atom is 0.252 e. The normalized spacial score (nSPS) is 30.9. The van der Waals surface area contributed by atoms with E-state index in [4.69, 9.17) is 16.9 Å². The minimum absolute atomic E-state index is 0.000423. The van der Waals surface area contributed by atoms with Crippen molar-refractivity contribution in [1.82, 2.24) is 5.32 Å². The molecule has 2 fully saturated rings. The van der Waals surface area contributed by atoms with Crippen molar-refractivity contribution in [2.75, 3.05) is 11.1 Å². The van der Waals surface area contributed by atoms with Gasteiger partial charge in [-0.2, -0.15) is 0 Å². The van der Waals surface area contributed by atoms with Gasteiger partial charge in [-0.05, 0) is 77.8 Å². The number of amides is 1. The number of fused-ring (bicyclic) bond motifs is 9. The summed E-state index contributed by atoms with van der Waals surface area (Å²) < 4.78 is 0. The SMILES string of the molecule is N=C(N)c1cc([C@@H]2Nc3ccc4c(c3[C@H]3C5CCC(C5)[C@@H]23)C(=O)NC4)ccc1N. The van der Waals surface area contributed by atoms with Gasteiger partial charge in [-0.25, -0.2) is 0 Å². The Morgan fingerprint density at radius 2 is 1.97 bits per heavy atom. The van der Waals surface area contributed by atoms with Crippen molar-refractivity contribution < 1.29 is 4.79 Å². The Morgan fingerprint density at radius 3 is 2.79 bits per heavy atom. The van der Waals surface area contributed by atoms with Gasteiger partial charge < -0.3 is 22.1 Å². The highest BCUT2D eigenvalue weighted by Crippen LogP contribution is 2.64. The topological polar surface area (TPSA) is 117 Å². The van der Waals surface area contributed by atoms with E-state index in [-0.39, 0.29) is 17.8 Å². The summed E-state index contributed by atoms with van der Waals surface area (Å²) in [5.41, 5.74) is 18.5. The lowest BCUT2D eigenvalue weighted by atomic mass is 9.66. The molecule has 6 heteroatoms. The molecule has 2 aliphatic heterocycles. The molecule has 7 N–H and O–H groups in total. The van der Waals surface area contributed by atoms with Crippen LogP contribution >= 0.6 is 0 Å². The summed E-state index contributed by atoms with van der Waals surface area (Å²) in [6.07, 6.45) is 3.76. The molecule has 2 heterocycles. The van der Waals surface area contributed by atoms with E-state index >= 15 is 0 Å². The third kappa shape index (κ3) is 2.23. The number of hydrogen-bond donors (Lipinski definition) is 5. The van der Waals surface area contributed by atoms with E-state index in [2.05, 4.69) is 28.8 Å². The van der Waals surface area contributed by atoms with Gasteiger partial charge in [-0.15, -0.1) is 0 Å². The fourth-order valence-corrected chi connectivity index (χ4v) is 6.63. The predicted molar refractivity (Wildman–Crippen MR) is 113 cm³/mol. The van der Waals surface area contributed by atoms with E-state index in [1.54, 1.807) is 0 Å². The van der Waals surface area contributed by atoms with E-state index in [1.807, 2.05) is 12.1 Å². The summed E-state index contributed by atoms with van der Waals surface area (Å²) >= 11 is 0. The number of hydrogen-bond acceptors (Lipinski definition) is 4. The predicted octanol–water partition coefficient (Wildman–Crippen LogP) is 3.09. The largest absolute Gasteiger partial charge is 0.398 e. The Kier molecular flexibility index (Phi) is 3.35. The van der Waals surface area contributed by atoms with E-state index in [1.165, 1.54) is 24.8 Å². The maximum atomic E-state index is 12.7. The van der Waals surface area contributed by atoms with E-state index in [0.717, 1.165) is 22.4 Å². The highest BCUT2D eigenvalue weighted by Gasteiger charge is 2.55. The lowest BCUT2D eigenvalue weighted by Crippen LogP contribution is -2.36. The molecule has 2 aromatic carbocycles. The van der Waals surface area contributed by atoms with Crippen LogP contribution in [0.1, 0.15) is 63.8 Å². The number of nitrogens with two attached hydrogens (primary N) is 2. The molecule has 2 bridgehead atoms. The van der Waals surface area contributed by atoms with Crippen LogP contribution in [0.4, 0.5) is 11.4 Å². The maximum absolute atomic E-state index is 12.7. The lowest BCUT2D eigenvalue weighted by Gasteiger charge is -2.44. The summed E-state index contributed by atoms with van der Waals surface area (Å²) in [5, 5.41) is 14.7. The smallest absolute Gasteiger partial charge is 0.252 e. The van der Waals surface area contributed by atoms with Crippen molar-refractivity contribution in [2.45, 2.75) is 37.8 Å². The third-order valence-corrected chi connectivity index (χ3v) is 7.73. The first-order valence-electron chi connectivity index (χ1n) is 10.5. The number of carbonyl (C=O) groups excluding carboxylic acids is 1. The summed E-state index contributed by atoms with van der Waals surface area (Å²) in [5.74, 6) is 2.24. The first kappa shape index (κ1) is 16.9. The minimum Gasteiger partial charge on any atom is -0.398 e. The first-order valence-corrected chi connectivity index (χ1v) is 10.5. The summed E-state index contributed by atoms with van der Waals surface area (Å²) in [7, 11) is 0. The fourth-order valence-electron chi connectivity index (χ4n) is 6.63. The van der Waals surface area contributed by atoms with Gasteiger partial charge in [0.2, 0.25) is 0 Å². The Hall–Kier alpha value is -3.02. The molecule has 5 atom stereocenters. The zero-order valence-electron chi connectivity index (χ0n) is 16.2. The quantitative estimate of drug-likeness (QED) is 0.309. The van der Waals surface area contributed by atoms with Crippen LogP contribution in [0.15, 0.2) is 30.3 Å². The minimum atomic E-state index is -0.000423. The molecule has 2 aliphatic carbocycles. The molecule has 29 heavy (non-hydrogen) atoms. The van der Waals surface area contributed by atoms with Gasteiger partial charge in [0.1, 0.15) is 5.84 Å². The number of rotatable bonds is 2. The molecule has 1 amide bonds. The number of nitrogens with one attached hydrogen (secondary N) is 3. The molecule has 2 saturated carbocycles. The van der Waals surface area contributed by atoms with Crippen molar-refractivity contribution >= 4 is 23.1 Å². The van der Waals surface area contributed by atoms with Gasteiger partial charge in [0.05, 0.1) is 6.04 Å². The zero-order valence-corrected chi connectivity index (χ0v) is 16.2. The van der Waals surface area contributed by atoms with Crippen molar-refractivity contribution in [3.63, 3.8) is 0 Å². The van der Waals surface area contributed by atoms with Crippen molar-refractivity contribution in [3.05, 3.63) is 58.1 Å². The van der Waals surface area contributed by atoms with Crippen molar-refractivity contribution in [3.8, 4) is 0 Å². The van der Waals surface area contributed by atoms with Crippen LogP contribution in [0.5, 0.6) is 0 Å². The van der Waals surface area contributed by atoms with Crippen molar-refractivity contribution in [1.29, 1.82) is 5.41 Å². The number of anilines is 2. The molecule has 2 aromatic rings. The monoisotopic (exact) mass is 387 g/mol. The molecular formula is C23H25N5O. The molecule has 4 aliphatic rings. The second-order valence-electron chi connectivity index (χ2n) is 9.06. The standard InChI is InChI=1S/C23H25N5O/c24-15-5-3-12(8-14(15)22(25)26)21-18-11-2-1-10(7-11)17(18)20-16(28-21)6-4-13-9-27-23(29)19(13)20/h3-6,8,10-11,17-18,21,28H,1-2,7,9,24H2,(H3,25,26)(H,27,29)/t10?,11?,17-,18+,21-/m0/s1. The van der Waals surface area contributed by atoms with E-state index < -0.39 is 0 Å². The highest BCUT2D eigenvalue weighted by molar-refractivity contribution is 6.02. The second kappa shape index (κ2) is 5.75. The van der Waals surface area contributed by atoms with Crippen LogP contribution < -0.4 is 22.1 Å². The van der Waals surface area contributed by atoms with Crippen LogP contribution in [-0.4, -0.2) is 11.7 Å². The van der Waals surface area contributed by atoms with Gasteiger partial charge in [-0.1, -0.05) is 12.1 Å². The molecule has 0 aromatic heterocycles. The summed E-state index contributed by atoms with van der Waals surface area (Å²) in [6.45, 7) is 0.635. The molecule has 0 spiro atoms. The molecule has 6 nitrogen and oxygen atoms in total. The Labute approximate surface area is 169 Å². The van der Waals surface area contributed by atoms with Crippen LogP contribution in [0, 0.1) is 23.2 Å². The van der Waals surface area contributed by atoms with Gasteiger partial charge >= 0.3 is 0 Å². The number of carbonyl (C=O) groups is 1. The molecule has 0 saturated heterocycles. The Morgan fingerprint density at radius 1 is 1.14 bits per heavy atom. The third-order valence-electron chi connectivity index (χ3n) is 7.73. The van der Waals surface area contributed by atoms with Gasteiger partial charge in [-0.3, -0.25) is 10.2 Å². The summed E-state index contributed by atoms with van der Waals surface area (Å²) in [4.78, 5) is 12.7. The van der Waals surface area contributed by atoms with Gasteiger partial charge in [0, 0.05) is 29.0 Å². The Balaban J connectivity index is 1.52. The van der Waals surface area contributed by atoms with E-state index in [0.29, 0.717) is 41.5 Å². The molecular weight excluding hydrogens is 362 g/mol. The molecule has 0 radical (unpaired) electrons. The zero-order chi connectivity index (χ0) is 19.9. The van der Waals surface area contributed by atoms with E-state index in [9.17, 15) is 4.79 Å². The van der Waals surface area contributed by atoms with Crippen LogP contribution in [0.25, 0.3) is 0 Å². The first-order chi connectivity index (χ1) is 14.0. The van der Waals surface area contributed by atoms with Crippen LogP contribution in [0.3, 0.4) is 0 Å². The fraction of sp³-hybridized carbons (Fsp3) is 0.391. The van der Waals surface area contributed by atoms with Gasteiger partial charge in [0.15, 0.2) is 0 Å². The Bertz CT molecular complexity index is 1080. The van der Waals surface area contributed by atoms with Crippen LogP contribution in [0.2, 0.25) is 0 Å². The molecule has 148 valence electrons. The second-order valence-corrected chi connectivity index (χ2v) is 9.06. The average molecular weight is 387 g/mol. The number of amidine groups is 1. The lowest BCUT2D eigenvalue weighted by molar-refractivity contribution is 0.0963. The average Bonchev–Trinajstić information content (AvgIpc) is 3.43.